The smallest absolute Gasteiger partial charge is 0.0445 e. The summed E-state index contributed by atoms with van der Waals surface area (Å²) >= 11 is 1.94. The van der Waals surface area contributed by atoms with Gasteiger partial charge < -0.3 is 10.2 Å². The first-order valence-corrected chi connectivity index (χ1v) is 9.53. The lowest BCUT2D eigenvalue weighted by Gasteiger charge is -2.42. The maximum atomic E-state index is 4.08. The van der Waals surface area contributed by atoms with E-state index in [4.69, 9.17) is 0 Å². The lowest BCUT2D eigenvalue weighted by Crippen LogP contribution is -2.52. The summed E-state index contributed by atoms with van der Waals surface area (Å²) in [5, 5.41) is 6.32. The summed E-state index contributed by atoms with van der Waals surface area (Å²) in [5.74, 6) is 1.60. The van der Waals surface area contributed by atoms with Crippen molar-refractivity contribution in [3.63, 3.8) is 0 Å². The molecular weight excluding hydrogens is 276 g/mol. The Labute approximate surface area is 133 Å². The van der Waals surface area contributed by atoms with Gasteiger partial charge in [0.15, 0.2) is 0 Å². The van der Waals surface area contributed by atoms with Gasteiger partial charge in [-0.05, 0) is 56.5 Å². The van der Waals surface area contributed by atoms with Crippen LogP contribution in [0.3, 0.4) is 0 Å². The van der Waals surface area contributed by atoms with Gasteiger partial charge in [-0.3, -0.25) is 0 Å². The highest BCUT2D eigenvalue weighted by Gasteiger charge is 2.34. The summed E-state index contributed by atoms with van der Waals surface area (Å²) in [4.78, 5) is 4.07. The van der Waals surface area contributed by atoms with Crippen LogP contribution in [-0.4, -0.2) is 30.6 Å². The fourth-order valence-corrected chi connectivity index (χ4v) is 5.09. The molecule has 0 radical (unpaired) electrons. The Bertz CT molecular complexity index is 424. The van der Waals surface area contributed by atoms with E-state index in [1.807, 2.05) is 11.3 Å². The number of hydrogen-bond donors (Lipinski definition) is 1. The summed E-state index contributed by atoms with van der Waals surface area (Å²) in [6, 6.07) is 6.51. The summed E-state index contributed by atoms with van der Waals surface area (Å²) < 4.78 is 0. The zero-order chi connectivity index (χ0) is 14.8. The van der Waals surface area contributed by atoms with Crippen molar-refractivity contribution in [2.24, 2.45) is 11.8 Å². The molecule has 1 saturated heterocycles. The van der Waals surface area contributed by atoms with E-state index in [1.165, 1.54) is 38.6 Å². The van der Waals surface area contributed by atoms with Crippen molar-refractivity contribution in [2.75, 3.05) is 13.6 Å². The summed E-state index contributed by atoms with van der Waals surface area (Å²) in [5.41, 5.74) is 0. The molecule has 2 heterocycles. The zero-order valence-corrected chi connectivity index (χ0v) is 14.5. The predicted octanol–water partition coefficient (Wildman–Crippen LogP) is 4.30. The molecule has 0 spiro atoms. The SMILES string of the molecule is CC1CN(C)C(C)CC1NC(c1cccs1)C1CCCC1. The number of thiophene rings is 1. The third-order valence-corrected chi connectivity index (χ3v) is 6.68. The van der Waals surface area contributed by atoms with E-state index < -0.39 is 0 Å². The van der Waals surface area contributed by atoms with Crippen LogP contribution in [0.5, 0.6) is 0 Å². The van der Waals surface area contributed by atoms with Crippen molar-refractivity contribution in [3.8, 4) is 0 Å². The molecule has 1 aliphatic carbocycles. The minimum absolute atomic E-state index is 0.593. The highest BCUT2D eigenvalue weighted by molar-refractivity contribution is 7.10. The number of nitrogens with one attached hydrogen (secondary N) is 1. The molecule has 1 aliphatic heterocycles. The number of nitrogens with zero attached hydrogens (tertiary/aromatic N) is 1. The third-order valence-electron chi connectivity index (χ3n) is 5.72. The molecule has 4 unspecified atom stereocenters. The van der Waals surface area contributed by atoms with Crippen molar-refractivity contribution in [3.05, 3.63) is 22.4 Å². The van der Waals surface area contributed by atoms with Crippen LogP contribution in [0.15, 0.2) is 17.5 Å². The van der Waals surface area contributed by atoms with Crippen molar-refractivity contribution < 1.29 is 0 Å². The molecule has 2 fully saturated rings. The van der Waals surface area contributed by atoms with Crippen molar-refractivity contribution in [2.45, 2.75) is 64.1 Å². The second-order valence-electron chi connectivity index (χ2n) is 7.31. The van der Waals surface area contributed by atoms with Gasteiger partial charge in [0, 0.05) is 29.5 Å². The molecule has 3 rings (SSSR count). The van der Waals surface area contributed by atoms with Gasteiger partial charge in [-0.15, -0.1) is 11.3 Å². The lowest BCUT2D eigenvalue weighted by molar-refractivity contribution is 0.110. The molecule has 0 aromatic carbocycles. The Balaban J connectivity index is 1.72. The molecular formula is C18H30N2S. The minimum atomic E-state index is 0.593. The van der Waals surface area contributed by atoms with E-state index in [0.717, 1.165) is 11.8 Å². The van der Waals surface area contributed by atoms with Gasteiger partial charge in [-0.2, -0.15) is 0 Å². The highest BCUT2D eigenvalue weighted by Crippen LogP contribution is 2.38. The fourth-order valence-electron chi connectivity index (χ4n) is 4.21. The van der Waals surface area contributed by atoms with Crippen LogP contribution >= 0.6 is 11.3 Å². The fraction of sp³-hybridized carbons (Fsp3) is 0.778. The van der Waals surface area contributed by atoms with E-state index in [9.17, 15) is 0 Å². The van der Waals surface area contributed by atoms with Crippen LogP contribution in [0.25, 0.3) is 0 Å². The Morgan fingerprint density at radius 1 is 1.29 bits per heavy atom. The van der Waals surface area contributed by atoms with E-state index in [0.29, 0.717) is 18.1 Å². The topological polar surface area (TPSA) is 15.3 Å². The van der Waals surface area contributed by atoms with Crippen LogP contribution in [0.4, 0.5) is 0 Å². The largest absolute Gasteiger partial charge is 0.306 e. The van der Waals surface area contributed by atoms with Crippen molar-refractivity contribution in [1.29, 1.82) is 0 Å². The van der Waals surface area contributed by atoms with E-state index in [2.05, 4.69) is 48.6 Å². The van der Waals surface area contributed by atoms with Gasteiger partial charge in [-0.1, -0.05) is 25.8 Å². The normalized spacial score (nSPS) is 33.4. The molecule has 4 atom stereocenters. The van der Waals surface area contributed by atoms with Gasteiger partial charge in [0.25, 0.3) is 0 Å². The van der Waals surface area contributed by atoms with Crippen LogP contribution in [0, 0.1) is 11.8 Å². The van der Waals surface area contributed by atoms with Gasteiger partial charge in [0.05, 0.1) is 0 Å². The minimum Gasteiger partial charge on any atom is -0.306 e. The number of piperidine rings is 1. The van der Waals surface area contributed by atoms with Gasteiger partial charge >= 0.3 is 0 Å². The molecule has 1 N–H and O–H groups in total. The van der Waals surface area contributed by atoms with Gasteiger partial charge in [-0.25, -0.2) is 0 Å². The van der Waals surface area contributed by atoms with Crippen molar-refractivity contribution in [1.82, 2.24) is 10.2 Å². The third kappa shape index (κ3) is 3.52. The first-order valence-electron chi connectivity index (χ1n) is 8.65. The Kier molecular flexibility index (Phi) is 5.03. The second kappa shape index (κ2) is 6.80. The molecule has 0 bridgehead atoms. The monoisotopic (exact) mass is 306 g/mol. The van der Waals surface area contributed by atoms with Crippen LogP contribution in [-0.2, 0) is 0 Å². The molecule has 2 nitrogen and oxygen atoms in total. The predicted molar refractivity (Wildman–Crippen MR) is 91.8 cm³/mol. The first kappa shape index (κ1) is 15.5. The Morgan fingerprint density at radius 2 is 2.05 bits per heavy atom. The van der Waals surface area contributed by atoms with E-state index in [1.54, 1.807) is 4.88 Å². The van der Waals surface area contributed by atoms with Gasteiger partial charge in [0.1, 0.15) is 0 Å². The molecule has 118 valence electrons. The summed E-state index contributed by atoms with van der Waals surface area (Å²) in [6.07, 6.45) is 6.95. The standard InChI is InChI=1S/C18H30N2S/c1-13-12-20(3)14(2)11-16(13)19-18(15-7-4-5-8-15)17-9-6-10-21-17/h6,9-10,13-16,18-19H,4-5,7-8,11-12H2,1-3H3. The van der Waals surface area contributed by atoms with Crippen molar-refractivity contribution >= 4 is 11.3 Å². The Morgan fingerprint density at radius 3 is 2.71 bits per heavy atom. The first-order chi connectivity index (χ1) is 10.1. The Hall–Kier alpha value is -0.380. The lowest BCUT2D eigenvalue weighted by atomic mass is 9.87. The molecule has 1 saturated carbocycles. The molecule has 0 amide bonds. The zero-order valence-electron chi connectivity index (χ0n) is 13.7. The van der Waals surface area contributed by atoms with Gasteiger partial charge in [0.2, 0.25) is 0 Å². The molecule has 1 aromatic rings. The van der Waals surface area contributed by atoms with E-state index in [-0.39, 0.29) is 0 Å². The maximum Gasteiger partial charge on any atom is 0.0445 e. The quantitative estimate of drug-likeness (QED) is 0.892. The average molecular weight is 307 g/mol. The molecule has 21 heavy (non-hydrogen) atoms. The average Bonchev–Trinajstić information content (AvgIpc) is 3.14. The highest BCUT2D eigenvalue weighted by atomic mass is 32.1. The summed E-state index contributed by atoms with van der Waals surface area (Å²) in [6.45, 7) is 6.01. The maximum absolute atomic E-state index is 4.08. The summed E-state index contributed by atoms with van der Waals surface area (Å²) in [7, 11) is 2.27. The van der Waals surface area contributed by atoms with E-state index >= 15 is 0 Å². The number of rotatable bonds is 4. The van der Waals surface area contributed by atoms with Crippen LogP contribution in [0.2, 0.25) is 0 Å². The molecule has 1 aromatic heterocycles. The van der Waals surface area contributed by atoms with Crippen LogP contribution in [0.1, 0.15) is 56.9 Å². The number of hydrogen-bond acceptors (Lipinski definition) is 3. The molecule has 3 heteroatoms. The molecule has 2 aliphatic rings. The number of likely N-dealkylation sites (tertiary alicyclic amines) is 1. The second-order valence-corrected chi connectivity index (χ2v) is 8.29. The van der Waals surface area contributed by atoms with Crippen LogP contribution < -0.4 is 5.32 Å².